The second-order valence-electron chi connectivity index (χ2n) is 2.90. The lowest BCUT2D eigenvalue weighted by Gasteiger charge is -1.99. The number of nitrogens with two attached hydrogens (primary N) is 1. The lowest BCUT2D eigenvalue weighted by atomic mass is 10.1. The molecule has 0 unspecified atom stereocenters. The van der Waals surface area contributed by atoms with Crippen LogP contribution in [0.3, 0.4) is 0 Å². The van der Waals surface area contributed by atoms with Gasteiger partial charge in [0.1, 0.15) is 0 Å². The minimum atomic E-state index is 0.847. The smallest absolute Gasteiger partial charge is 0.0503 e. The summed E-state index contributed by atoms with van der Waals surface area (Å²) in [6.07, 6.45) is 7.79. The van der Waals surface area contributed by atoms with Crippen LogP contribution in [0.5, 0.6) is 0 Å². The van der Waals surface area contributed by atoms with E-state index in [2.05, 4.69) is 0 Å². The maximum atomic E-state index is 5.39. The average molecular weight is 191 g/mol. The predicted molar refractivity (Wildman–Crippen MR) is 56.2 cm³/mol. The van der Waals surface area contributed by atoms with Crippen molar-refractivity contribution in [3.8, 4) is 0 Å². The second-order valence-corrected chi connectivity index (χ2v) is 3.88. The SMILES string of the molecule is COSCCCCCCCCN. The van der Waals surface area contributed by atoms with Gasteiger partial charge in [-0.05, 0) is 31.4 Å². The van der Waals surface area contributed by atoms with E-state index in [1.165, 1.54) is 38.5 Å². The molecule has 0 radical (unpaired) electrons. The first-order chi connectivity index (χ1) is 5.91. The molecular formula is C9H21NOS. The van der Waals surface area contributed by atoms with Crippen LogP contribution in [0.1, 0.15) is 38.5 Å². The summed E-state index contributed by atoms with van der Waals surface area (Å²) in [5.74, 6) is 1.13. The zero-order valence-corrected chi connectivity index (χ0v) is 8.87. The van der Waals surface area contributed by atoms with Gasteiger partial charge in [-0.3, -0.25) is 0 Å². The fraction of sp³-hybridized carbons (Fsp3) is 1.00. The van der Waals surface area contributed by atoms with Crippen LogP contribution in [0, 0.1) is 0 Å². The van der Waals surface area contributed by atoms with Crippen molar-refractivity contribution in [1.82, 2.24) is 0 Å². The van der Waals surface area contributed by atoms with Crippen LogP contribution in [0.25, 0.3) is 0 Å². The second kappa shape index (κ2) is 11.3. The fourth-order valence-electron chi connectivity index (χ4n) is 1.10. The highest BCUT2D eigenvalue weighted by Gasteiger charge is 1.90. The quantitative estimate of drug-likeness (QED) is 0.449. The summed E-state index contributed by atoms with van der Waals surface area (Å²) in [6, 6.07) is 0. The Kier molecular flexibility index (Phi) is 11.5. The van der Waals surface area contributed by atoms with E-state index in [1.807, 2.05) is 0 Å². The molecule has 0 aromatic carbocycles. The Balaban J connectivity index is 2.73. The number of hydrogen-bond acceptors (Lipinski definition) is 3. The third-order valence-corrected chi connectivity index (χ3v) is 2.49. The van der Waals surface area contributed by atoms with Crippen LogP contribution in [-0.2, 0) is 4.18 Å². The monoisotopic (exact) mass is 191 g/mol. The summed E-state index contributed by atoms with van der Waals surface area (Å²) in [7, 11) is 1.73. The van der Waals surface area contributed by atoms with Gasteiger partial charge in [-0.15, -0.1) is 0 Å². The fourth-order valence-corrected chi connectivity index (χ4v) is 1.58. The summed E-state index contributed by atoms with van der Waals surface area (Å²) in [5, 5.41) is 0. The molecule has 0 bridgehead atoms. The van der Waals surface area contributed by atoms with Gasteiger partial charge >= 0.3 is 0 Å². The van der Waals surface area contributed by atoms with Crippen LogP contribution < -0.4 is 5.73 Å². The average Bonchev–Trinajstić information content (AvgIpc) is 2.10. The van der Waals surface area contributed by atoms with Crippen molar-refractivity contribution >= 4 is 12.0 Å². The number of hydrogen-bond donors (Lipinski definition) is 1. The number of rotatable bonds is 9. The van der Waals surface area contributed by atoms with E-state index in [9.17, 15) is 0 Å². The Morgan fingerprint density at radius 1 is 1.00 bits per heavy atom. The van der Waals surface area contributed by atoms with Gasteiger partial charge in [0.2, 0.25) is 0 Å². The minimum absolute atomic E-state index is 0.847. The van der Waals surface area contributed by atoms with Gasteiger partial charge in [-0.25, -0.2) is 0 Å². The normalized spacial score (nSPS) is 10.5. The van der Waals surface area contributed by atoms with Crippen molar-refractivity contribution in [3.05, 3.63) is 0 Å². The maximum absolute atomic E-state index is 5.39. The van der Waals surface area contributed by atoms with Gasteiger partial charge < -0.3 is 9.92 Å². The van der Waals surface area contributed by atoms with Crippen molar-refractivity contribution in [2.75, 3.05) is 19.4 Å². The maximum Gasteiger partial charge on any atom is 0.0503 e. The third-order valence-electron chi connectivity index (χ3n) is 1.80. The number of unbranched alkanes of at least 4 members (excludes halogenated alkanes) is 5. The summed E-state index contributed by atoms with van der Waals surface area (Å²) in [6.45, 7) is 0.847. The van der Waals surface area contributed by atoms with Crippen LogP contribution in [0.15, 0.2) is 0 Å². The van der Waals surface area contributed by atoms with Crippen molar-refractivity contribution in [1.29, 1.82) is 0 Å². The van der Waals surface area contributed by atoms with Gasteiger partial charge in [0, 0.05) is 5.75 Å². The molecule has 0 aliphatic rings. The molecule has 0 aromatic rings. The van der Waals surface area contributed by atoms with Crippen molar-refractivity contribution in [2.24, 2.45) is 5.73 Å². The Labute approximate surface area is 80.4 Å². The lowest BCUT2D eigenvalue weighted by molar-refractivity contribution is 0.488. The Morgan fingerprint density at radius 2 is 1.58 bits per heavy atom. The largest absolute Gasteiger partial charge is 0.330 e. The molecule has 0 saturated heterocycles. The first-order valence-corrected chi connectivity index (χ1v) is 5.68. The van der Waals surface area contributed by atoms with Crippen LogP contribution in [-0.4, -0.2) is 19.4 Å². The molecule has 3 heteroatoms. The molecule has 0 amide bonds. The summed E-state index contributed by atoms with van der Waals surface area (Å²) < 4.78 is 4.89. The molecule has 2 N–H and O–H groups in total. The summed E-state index contributed by atoms with van der Waals surface area (Å²) in [5.41, 5.74) is 5.39. The first kappa shape index (κ1) is 12.3. The molecule has 0 heterocycles. The molecular weight excluding hydrogens is 170 g/mol. The van der Waals surface area contributed by atoms with Crippen LogP contribution in [0.2, 0.25) is 0 Å². The van der Waals surface area contributed by atoms with E-state index < -0.39 is 0 Å². The van der Waals surface area contributed by atoms with E-state index in [1.54, 1.807) is 19.2 Å². The molecule has 2 nitrogen and oxygen atoms in total. The standard InChI is InChI=1S/C9H21NOS/c1-11-12-9-7-5-3-2-4-6-8-10/h2-10H2,1H3. The van der Waals surface area contributed by atoms with Gasteiger partial charge in [0.15, 0.2) is 0 Å². The van der Waals surface area contributed by atoms with Gasteiger partial charge in [-0.1, -0.05) is 25.7 Å². The summed E-state index contributed by atoms with van der Waals surface area (Å²) in [4.78, 5) is 0. The molecule has 0 aromatic heterocycles. The van der Waals surface area contributed by atoms with Crippen LogP contribution in [0.4, 0.5) is 0 Å². The van der Waals surface area contributed by atoms with Gasteiger partial charge in [0.25, 0.3) is 0 Å². The Bertz CT molecular complexity index is 70.9. The van der Waals surface area contributed by atoms with Crippen molar-refractivity contribution in [3.63, 3.8) is 0 Å². The highest BCUT2D eigenvalue weighted by molar-refractivity contribution is 7.94. The first-order valence-electron chi connectivity index (χ1n) is 4.77. The minimum Gasteiger partial charge on any atom is -0.330 e. The molecule has 0 aliphatic heterocycles. The van der Waals surface area contributed by atoms with E-state index in [0.717, 1.165) is 12.3 Å². The lowest BCUT2D eigenvalue weighted by Crippen LogP contribution is -1.97. The highest BCUT2D eigenvalue weighted by atomic mass is 32.2. The van der Waals surface area contributed by atoms with Crippen molar-refractivity contribution < 1.29 is 4.18 Å². The van der Waals surface area contributed by atoms with E-state index in [-0.39, 0.29) is 0 Å². The van der Waals surface area contributed by atoms with Gasteiger partial charge in [0.05, 0.1) is 7.11 Å². The Hall–Kier alpha value is 0.270. The predicted octanol–water partition coefficient (Wildman–Crippen LogP) is 2.58. The van der Waals surface area contributed by atoms with E-state index in [0.29, 0.717) is 0 Å². The zero-order chi connectivity index (χ0) is 9.07. The van der Waals surface area contributed by atoms with Crippen molar-refractivity contribution in [2.45, 2.75) is 38.5 Å². The molecule has 74 valence electrons. The zero-order valence-electron chi connectivity index (χ0n) is 8.05. The topological polar surface area (TPSA) is 35.2 Å². The third kappa shape index (κ3) is 10.3. The molecule has 12 heavy (non-hydrogen) atoms. The Morgan fingerprint density at radius 3 is 2.17 bits per heavy atom. The van der Waals surface area contributed by atoms with Crippen LogP contribution >= 0.6 is 12.0 Å². The molecule has 0 aliphatic carbocycles. The van der Waals surface area contributed by atoms with E-state index >= 15 is 0 Å². The molecule has 0 fully saturated rings. The summed E-state index contributed by atoms with van der Waals surface area (Å²) >= 11 is 1.56. The van der Waals surface area contributed by atoms with Gasteiger partial charge in [-0.2, -0.15) is 0 Å². The molecule has 0 saturated carbocycles. The highest BCUT2D eigenvalue weighted by Crippen LogP contribution is 2.09. The molecule has 0 rings (SSSR count). The van der Waals surface area contributed by atoms with E-state index in [4.69, 9.17) is 9.92 Å². The molecule has 0 spiro atoms. The molecule has 0 atom stereocenters.